The summed E-state index contributed by atoms with van der Waals surface area (Å²) in [6, 6.07) is 4.28. The maximum atomic E-state index is 12.5. The van der Waals surface area contributed by atoms with Gasteiger partial charge in [0.1, 0.15) is 5.69 Å². The van der Waals surface area contributed by atoms with Crippen molar-refractivity contribution in [3.63, 3.8) is 0 Å². The molecule has 2 heterocycles. The number of likely N-dealkylation sites (tertiary alicyclic amines) is 1. The van der Waals surface area contributed by atoms with Crippen molar-refractivity contribution in [2.24, 2.45) is 5.92 Å². The lowest BCUT2D eigenvalue weighted by Gasteiger charge is -2.17. The number of methoxy groups -OCH3 is 1. The van der Waals surface area contributed by atoms with Crippen molar-refractivity contribution in [2.45, 2.75) is 25.3 Å². The monoisotopic (exact) mass is 262 g/mol. The van der Waals surface area contributed by atoms with Crippen LogP contribution in [0.1, 0.15) is 35.8 Å². The number of esters is 1. The third-order valence-corrected chi connectivity index (χ3v) is 3.95. The minimum absolute atomic E-state index is 0.0308. The average molecular weight is 262 g/mol. The zero-order valence-corrected chi connectivity index (χ0v) is 11.0. The fourth-order valence-electron chi connectivity index (χ4n) is 2.71. The van der Waals surface area contributed by atoms with Gasteiger partial charge in [0.05, 0.1) is 13.0 Å². The van der Waals surface area contributed by atoms with E-state index in [1.54, 1.807) is 4.90 Å². The lowest BCUT2D eigenvalue weighted by molar-refractivity contribution is -0.144. The number of carbonyl (C=O) groups excluding carboxylic acids is 2. The largest absolute Gasteiger partial charge is 0.469 e. The van der Waals surface area contributed by atoms with Crippen LogP contribution < -0.4 is 0 Å². The molecule has 2 fully saturated rings. The predicted octanol–water partition coefficient (Wildman–Crippen LogP) is 1.46. The molecule has 1 aromatic rings. The summed E-state index contributed by atoms with van der Waals surface area (Å²) in [6.07, 6.45) is 4.97. The Morgan fingerprint density at radius 1 is 1.32 bits per heavy atom. The van der Waals surface area contributed by atoms with Crippen molar-refractivity contribution >= 4 is 11.9 Å². The van der Waals surface area contributed by atoms with Crippen LogP contribution in [0.25, 0.3) is 0 Å². The van der Waals surface area contributed by atoms with Gasteiger partial charge in [0, 0.05) is 25.3 Å². The zero-order valence-electron chi connectivity index (χ0n) is 11.0. The molecule has 1 aliphatic carbocycles. The molecule has 0 radical (unpaired) electrons. The first-order valence-corrected chi connectivity index (χ1v) is 6.74. The Hall–Kier alpha value is -1.78. The molecule has 0 N–H and O–H groups in total. The number of hydrogen-bond acceptors (Lipinski definition) is 3. The fraction of sp³-hybridized carbons (Fsp3) is 0.571. The first kappa shape index (κ1) is 12.3. The Morgan fingerprint density at radius 3 is 2.79 bits per heavy atom. The lowest BCUT2D eigenvalue weighted by Crippen LogP contribution is -2.31. The third-order valence-electron chi connectivity index (χ3n) is 3.95. The Kier molecular flexibility index (Phi) is 3.05. The van der Waals surface area contributed by atoms with Crippen molar-refractivity contribution < 1.29 is 14.3 Å². The van der Waals surface area contributed by atoms with Crippen molar-refractivity contribution in [2.75, 3.05) is 20.2 Å². The SMILES string of the molecule is COC(=O)C1CCN(C(=O)c2cccn2C2CC2)C1. The number of nitrogens with zero attached hydrogens (tertiary/aromatic N) is 2. The van der Waals surface area contributed by atoms with Crippen molar-refractivity contribution in [3.05, 3.63) is 24.0 Å². The van der Waals surface area contributed by atoms with Crippen LogP contribution in [0.5, 0.6) is 0 Å². The highest BCUT2D eigenvalue weighted by atomic mass is 16.5. The summed E-state index contributed by atoms with van der Waals surface area (Å²) < 4.78 is 6.81. The van der Waals surface area contributed by atoms with Gasteiger partial charge in [-0.15, -0.1) is 0 Å². The highest BCUT2D eigenvalue weighted by Gasteiger charge is 2.34. The molecule has 3 rings (SSSR count). The molecule has 1 saturated carbocycles. The van der Waals surface area contributed by atoms with Crippen LogP contribution in [-0.2, 0) is 9.53 Å². The molecule has 0 aromatic carbocycles. The van der Waals surface area contributed by atoms with Crippen LogP contribution >= 0.6 is 0 Å². The van der Waals surface area contributed by atoms with Crippen LogP contribution in [0.4, 0.5) is 0 Å². The molecule has 0 bridgehead atoms. The first-order chi connectivity index (χ1) is 9.20. The molecular weight excluding hydrogens is 244 g/mol. The second kappa shape index (κ2) is 4.72. The second-order valence-electron chi connectivity index (χ2n) is 5.29. The highest BCUT2D eigenvalue weighted by molar-refractivity contribution is 5.93. The number of ether oxygens (including phenoxy) is 1. The van der Waals surface area contributed by atoms with Crippen molar-refractivity contribution in [3.8, 4) is 0 Å². The standard InChI is InChI=1S/C14H18N2O3/c1-19-14(18)10-6-8-15(9-10)13(17)12-3-2-7-16(12)11-4-5-11/h2-3,7,10-11H,4-6,8-9H2,1H3. The molecule has 1 unspecified atom stereocenters. The van der Waals surface area contributed by atoms with E-state index in [4.69, 9.17) is 4.74 Å². The Bertz CT molecular complexity index is 505. The molecule has 5 heteroatoms. The molecular formula is C14H18N2O3. The van der Waals surface area contributed by atoms with Gasteiger partial charge in [-0.05, 0) is 31.4 Å². The quantitative estimate of drug-likeness (QED) is 0.775. The normalized spacial score (nSPS) is 22.6. The Morgan fingerprint density at radius 2 is 2.11 bits per heavy atom. The van der Waals surface area contributed by atoms with Crippen molar-refractivity contribution in [1.82, 2.24) is 9.47 Å². The predicted molar refractivity (Wildman–Crippen MR) is 68.7 cm³/mol. The third kappa shape index (κ3) is 2.25. The summed E-state index contributed by atoms with van der Waals surface area (Å²) in [5, 5.41) is 0. The fourth-order valence-corrected chi connectivity index (χ4v) is 2.71. The molecule has 102 valence electrons. The number of rotatable bonds is 3. The zero-order chi connectivity index (χ0) is 13.4. The van der Waals surface area contributed by atoms with Crippen LogP contribution in [0.3, 0.4) is 0 Å². The van der Waals surface area contributed by atoms with E-state index in [1.807, 2.05) is 18.3 Å². The average Bonchev–Trinajstić information content (AvgIpc) is 2.97. The van der Waals surface area contributed by atoms with Crippen LogP contribution in [0.15, 0.2) is 18.3 Å². The number of carbonyl (C=O) groups is 2. The van der Waals surface area contributed by atoms with E-state index in [0.29, 0.717) is 25.6 Å². The van der Waals surface area contributed by atoms with E-state index < -0.39 is 0 Å². The van der Waals surface area contributed by atoms with E-state index in [1.165, 1.54) is 7.11 Å². The summed E-state index contributed by atoms with van der Waals surface area (Å²) in [7, 11) is 1.39. The van der Waals surface area contributed by atoms with E-state index in [0.717, 1.165) is 18.5 Å². The Labute approximate surface area is 112 Å². The van der Waals surface area contributed by atoms with E-state index in [-0.39, 0.29) is 17.8 Å². The van der Waals surface area contributed by atoms with Gasteiger partial charge in [-0.1, -0.05) is 0 Å². The molecule has 1 aliphatic heterocycles. The molecule has 1 saturated heterocycles. The van der Waals surface area contributed by atoms with Gasteiger partial charge in [-0.25, -0.2) is 0 Å². The molecule has 0 spiro atoms. The molecule has 19 heavy (non-hydrogen) atoms. The molecule has 1 atom stereocenters. The van der Waals surface area contributed by atoms with E-state index in [9.17, 15) is 9.59 Å². The minimum Gasteiger partial charge on any atom is -0.469 e. The number of amides is 1. The minimum atomic E-state index is -0.215. The number of aromatic nitrogens is 1. The van der Waals surface area contributed by atoms with Gasteiger partial charge in [-0.2, -0.15) is 0 Å². The molecule has 1 amide bonds. The van der Waals surface area contributed by atoms with E-state index in [2.05, 4.69) is 4.57 Å². The van der Waals surface area contributed by atoms with Crippen LogP contribution in [0, 0.1) is 5.92 Å². The maximum Gasteiger partial charge on any atom is 0.310 e. The smallest absolute Gasteiger partial charge is 0.310 e. The molecule has 1 aromatic heterocycles. The van der Waals surface area contributed by atoms with Crippen LogP contribution in [-0.4, -0.2) is 41.5 Å². The summed E-state index contributed by atoms with van der Waals surface area (Å²) in [6.45, 7) is 1.11. The first-order valence-electron chi connectivity index (χ1n) is 6.74. The van der Waals surface area contributed by atoms with Gasteiger partial charge < -0.3 is 14.2 Å². The van der Waals surface area contributed by atoms with Gasteiger partial charge in [0.15, 0.2) is 0 Å². The molecule has 2 aliphatic rings. The summed E-state index contributed by atoms with van der Waals surface area (Å²) in [5.41, 5.74) is 0.744. The topological polar surface area (TPSA) is 51.5 Å². The van der Waals surface area contributed by atoms with Gasteiger partial charge in [0.25, 0.3) is 5.91 Å². The maximum absolute atomic E-state index is 12.5. The van der Waals surface area contributed by atoms with Crippen molar-refractivity contribution in [1.29, 1.82) is 0 Å². The summed E-state index contributed by atoms with van der Waals surface area (Å²) >= 11 is 0. The summed E-state index contributed by atoms with van der Waals surface area (Å²) in [5.74, 6) is -0.352. The van der Waals surface area contributed by atoms with Gasteiger partial charge in [0.2, 0.25) is 0 Å². The van der Waals surface area contributed by atoms with Crippen LogP contribution in [0.2, 0.25) is 0 Å². The number of hydrogen-bond donors (Lipinski definition) is 0. The highest BCUT2D eigenvalue weighted by Crippen LogP contribution is 2.36. The lowest BCUT2D eigenvalue weighted by atomic mass is 10.1. The molecule has 5 nitrogen and oxygen atoms in total. The van der Waals surface area contributed by atoms with Gasteiger partial charge in [-0.3, -0.25) is 9.59 Å². The van der Waals surface area contributed by atoms with E-state index >= 15 is 0 Å². The Balaban J connectivity index is 1.71. The second-order valence-corrected chi connectivity index (χ2v) is 5.29. The summed E-state index contributed by atoms with van der Waals surface area (Å²) in [4.78, 5) is 25.7. The van der Waals surface area contributed by atoms with Gasteiger partial charge >= 0.3 is 5.97 Å².